The third kappa shape index (κ3) is 642. The molecule has 0 radical (unpaired) electrons. The minimum atomic E-state index is -2.33. The molecule has 0 atom stereocenters. The third-order valence-electron chi connectivity index (χ3n) is 0. The van der Waals surface area contributed by atoms with Gasteiger partial charge in [-0.15, -0.1) is 0 Å². The van der Waals surface area contributed by atoms with Crippen LogP contribution >= 0.6 is 0 Å². The molecule has 10 heteroatoms. The predicted octanol–water partition coefficient (Wildman–Crippen LogP) is -11.0. The van der Waals surface area contributed by atoms with E-state index in [4.69, 9.17) is 30.0 Å². The van der Waals surface area contributed by atoms with Crippen molar-refractivity contribution in [1.82, 2.24) is 0 Å². The molecule has 0 aliphatic rings. The van der Waals surface area contributed by atoms with Crippen molar-refractivity contribution in [2.45, 2.75) is 0 Å². The summed E-state index contributed by atoms with van der Waals surface area (Å²) in [6.45, 7) is 0. The van der Waals surface area contributed by atoms with Gasteiger partial charge in [0.05, 0.1) is 0 Å². The van der Waals surface area contributed by atoms with E-state index >= 15 is 0 Å². The van der Waals surface area contributed by atoms with Crippen LogP contribution in [0, 0.1) is 0 Å². The molecule has 0 aromatic rings. The predicted molar refractivity (Wildman–Crippen MR) is 11.5 cm³/mol. The first kappa shape index (κ1) is 37.6. The normalized spacial score (nSPS) is 4.00. The van der Waals surface area contributed by atoms with Gasteiger partial charge in [0.15, 0.2) is 0 Å². The summed E-state index contributed by atoms with van der Waals surface area (Å²) in [5.41, 5.74) is 0. The number of carboxylic acid groups (broad SMARTS) is 4. The molecule has 0 aliphatic heterocycles. The summed E-state index contributed by atoms with van der Waals surface area (Å²) >= 11 is 0. The van der Waals surface area contributed by atoms with Gasteiger partial charge in [0.2, 0.25) is 0 Å². The summed E-state index contributed by atoms with van der Waals surface area (Å²) in [4.78, 5) is 16.7. The van der Waals surface area contributed by atoms with Crippen LogP contribution in [0.2, 0.25) is 0 Å². The molecule has 0 spiro atoms. The fourth-order valence-corrected chi connectivity index (χ4v) is 0. The maximum Gasteiger partial charge on any atom is 4.00 e. The minimum Gasteiger partial charge on any atom is -2.00 e. The van der Waals surface area contributed by atoms with Crippen LogP contribution in [0.1, 0.15) is 0 Å². The van der Waals surface area contributed by atoms with Crippen LogP contribution in [0.25, 0.3) is 0 Å². The summed E-state index contributed by atoms with van der Waals surface area (Å²) in [5, 5.41) is 33.3. The molecule has 0 aliphatic carbocycles. The van der Waals surface area contributed by atoms with Crippen molar-refractivity contribution in [2.24, 2.45) is 0 Å². The molecule has 0 rings (SSSR count). The Labute approximate surface area is 131 Å². The Morgan fingerprint density at radius 1 is 0.750 bits per heavy atom. The molecule has 0 saturated heterocycles. The zero-order valence-corrected chi connectivity index (χ0v) is 12.8. The summed E-state index contributed by atoms with van der Waals surface area (Å²) in [7, 11) is 0. The summed E-state index contributed by atoms with van der Waals surface area (Å²) in [6.07, 6.45) is -4.67. The molecule has 0 heterocycles. The van der Waals surface area contributed by atoms with Gasteiger partial charge in [0.1, 0.15) is 0 Å². The summed E-state index contributed by atoms with van der Waals surface area (Å²) < 4.78 is 0. The van der Waals surface area contributed by atoms with Crippen LogP contribution in [0.3, 0.4) is 0 Å². The first-order valence-corrected chi connectivity index (χ1v) is 1.22. The molecule has 0 aromatic carbocycles. The number of carbonyl (C=O) groups excluding carboxylic acids is 2. The number of hydrogen-bond acceptors (Lipinski definition) is 6. The van der Waals surface area contributed by atoms with Gasteiger partial charge in [0, 0.05) is 0 Å². The topological polar surface area (TPSA) is 155 Å². The Bertz CT molecular complexity index is 77.4. The molecule has 0 bridgehead atoms. The van der Waals surface area contributed by atoms with Gasteiger partial charge in [-0.05, 0) is 12.3 Å². The quantitative estimate of drug-likeness (QED) is 0.399. The van der Waals surface area contributed by atoms with Gasteiger partial charge in [0.25, 0.3) is 0 Å². The fourth-order valence-electron chi connectivity index (χ4n) is 0. The molecule has 12 heavy (non-hydrogen) atoms. The zero-order chi connectivity index (χ0) is 7.15. The second kappa shape index (κ2) is 29.4. The Morgan fingerprint density at radius 3 is 0.750 bits per heavy atom. The van der Waals surface area contributed by atoms with Crippen molar-refractivity contribution in [1.29, 1.82) is 0 Å². The molecule has 56 valence electrons. The molecule has 0 fully saturated rings. The standard InChI is InChI=1S/2CH2O3.2Na.O.Zr/c2*2-1(3)4;;;;/h2*(H2,2,3,4);;;;/q;;2*+1;-2;+4/p-4. The number of carbonyl (C=O) groups is 2. The molecule has 0 aromatic heterocycles. The van der Waals surface area contributed by atoms with Gasteiger partial charge in [-0.3, -0.25) is 0 Å². The van der Waals surface area contributed by atoms with Crippen molar-refractivity contribution < 1.29 is 121 Å². The first-order valence-electron chi connectivity index (χ1n) is 1.22. The molecule has 0 unspecified atom stereocenters. The van der Waals surface area contributed by atoms with Gasteiger partial charge >= 0.3 is 85.3 Å². The summed E-state index contributed by atoms with van der Waals surface area (Å²) in [6, 6.07) is 0. The molecule has 0 saturated carbocycles. The van der Waals surface area contributed by atoms with Crippen LogP contribution in [0.15, 0.2) is 0 Å². The van der Waals surface area contributed by atoms with E-state index in [1.54, 1.807) is 0 Å². The van der Waals surface area contributed by atoms with Crippen molar-refractivity contribution in [2.75, 3.05) is 0 Å². The maximum atomic E-state index is 8.33. The second-order valence-corrected chi connectivity index (χ2v) is 0.500. The fraction of sp³-hybridized carbons (Fsp3) is 0. The van der Waals surface area contributed by atoms with Gasteiger partial charge < -0.3 is 35.5 Å². The average molecular weight is 273 g/mol. The minimum absolute atomic E-state index is 0. The average Bonchev–Trinajstić information content (AvgIpc) is 1.25. The van der Waals surface area contributed by atoms with Crippen molar-refractivity contribution in [3.05, 3.63) is 0 Å². The largest absolute Gasteiger partial charge is 4.00 e. The van der Waals surface area contributed by atoms with E-state index < -0.39 is 12.3 Å². The van der Waals surface area contributed by atoms with E-state index in [1.165, 1.54) is 0 Å². The van der Waals surface area contributed by atoms with Crippen LogP contribution in [-0.2, 0) is 31.7 Å². The van der Waals surface area contributed by atoms with E-state index in [-0.39, 0.29) is 90.8 Å². The third-order valence-corrected chi connectivity index (χ3v) is 0. The number of hydrogen-bond donors (Lipinski definition) is 0. The zero-order valence-electron chi connectivity index (χ0n) is 6.36. The van der Waals surface area contributed by atoms with E-state index in [2.05, 4.69) is 0 Å². The van der Waals surface area contributed by atoms with Crippen LogP contribution in [-0.4, -0.2) is 12.3 Å². The molecule has 0 N–H and O–H groups in total. The van der Waals surface area contributed by atoms with Crippen LogP contribution in [0.4, 0.5) is 9.59 Å². The Hall–Kier alpha value is 1.38. The number of rotatable bonds is 0. The monoisotopic (exact) mass is 272 g/mol. The van der Waals surface area contributed by atoms with E-state index in [0.29, 0.717) is 0 Å². The van der Waals surface area contributed by atoms with Gasteiger partial charge in [-0.1, -0.05) is 0 Å². The van der Waals surface area contributed by atoms with E-state index in [0.717, 1.165) is 0 Å². The van der Waals surface area contributed by atoms with Gasteiger partial charge in [-0.2, -0.15) is 0 Å². The first-order chi connectivity index (χ1) is 3.46. The van der Waals surface area contributed by atoms with Crippen molar-refractivity contribution in [3.63, 3.8) is 0 Å². The Morgan fingerprint density at radius 2 is 0.750 bits per heavy atom. The molecule has 0 amide bonds. The van der Waals surface area contributed by atoms with E-state index in [9.17, 15) is 0 Å². The van der Waals surface area contributed by atoms with Crippen molar-refractivity contribution >= 4 is 12.3 Å². The SMILES string of the molecule is O=C([O-])[O-].O=C([O-])[O-].[Na+].[Na+].[O-2].[Zr+4]. The Balaban J connectivity index is -0.0000000112. The summed E-state index contributed by atoms with van der Waals surface area (Å²) in [5.74, 6) is 0. The molecular weight excluding hydrogens is 273 g/mol. The molecular formula is C2Na2O7Zr. The second-order valence-electron chi connectivity index (χ2n) is 0.500. The Kier molecular flexibility index (Phi) is 92.3. The van der Waals surface area contributed by atoms with Crippen LogP contribution in [0.5, 0.6) is 0 Å². The van der Waals surface area contributed by atoms with Gasteiger partial charge in [-0.25, -0.2) is 0 Å². The van der Waals surface area contributed by atoms with Crippen molar-refractivity contribution in [3.8, 4) is 0 Å². The molecule has 7 nitrogen and oxygen atoms in total. The van der Waals surface area contributed by atoms with Crippen LogP contribution < -0.4 is 79.5 Å². The maximum absolute atomic E-state index is 8.33. The van der Waals surface area contributed by atoms with E-state index in [1.807, 2.05) is 0 Å². The smallest absolute Gasteiger partial charge is 2.00 e.